The van der Waals surface area contributed by atoms with E-state index in [4.69, 9.17) is 9.84 Å². The molecular weight excluding hydrogens is 198 g/mol. The second-order valence-corrected chi connectivity index (χ2v) is 3.30. The minimum Gasteiger partial charge on any atom is -0.465 e. The summed E-state index contributed by atoms with van der Waals surface area (Å²) in [6.07, 6.45) is 3.56. The average Bonchev–Trinajstić information content (AvgIpc) is 2.63. The first-order chi connectivity index (χ1) is 7.15. The topological polar surface area (TPSA) is 66.8 Å². The fraction of sp³-hybridized carbons (Fsp3) is 0.600. The van der Waals surface area contributed by atoms with Crippen molar-refractivity contribution in [3.8, 4) is 0 Å². The molecule has 0 aliphatic carbocycles. The Morgan fingerprint density at radius 2 is 2.33 bits per heavy atom. The fourth-order valence-electron chi connectivity index (χ4n) is 1.61. The summed E-state index contributed by atoms with van der Waals surface area (Å²) in [6, 6.07) is -0.188. The molecule has 1 atom stereocenters. The van der Waals surface area contributed by atoms with Crippen LogP contribution >= 0.6 is 0 Å². The molecule has 0 radical (unpaired) electrons. The smallest absolute Gasteiger partial charge is 0.407 e. The number of ether oxygens (including phenoxy) is 1. The minimum absolute atomic E-state index is 0.188. The van der Waals surface area contributed by atoms with E-state index >= 15 is 0 Å². The average molecular weight is 213 g/mol. The Bertz CT molecular complexity index is 275. The fourth-order valence-corrected chi connectivity index (χ4v) is 1.61. The lowest BCUT2D eigenvalue weighted by Gasteiger charge is -2.17. The lowest BCUT2D eigenvalue weighted by molar-refractivity contribution is -0.137. The normalized spacial score (nSPS) is 20.9. The zero-order valence-corrected chi connectivity index (χ0v) is 8.68. The van der Waals surface area contributed by atoms with Crippen molar-refractivity contribution in [1.82, 2.24) is 4.90 Å². The number of hydrogen-bond acceptors (Lipinski definition) is 3. The number of carbonyl (C=O) groups excluding carboxylic acids is 1. The number of amides is 1. The van der Waals surface area contributed by atoms with Crippen molar-refractivity contribution in [2.24, 2.45) is 0 Å². The predicted octanol–water partition coefficient (Wildman–Crippen LogP) is 1.25. The van der Waals surface area contributed by atoms with Crippen LogP contribution in [0.5, 0.6) is 0 Å². The Labute approximate surface area is 88.3 Å². The molecule has 84 valence electrons. The number of esters is 1. The van der Waals surface area contributed by atoms with Gasteiger partial charge >= 0.3 is 12.1 Å². The van der Waals surface area contributed by atoms with Crippen LogP contribution in [0, 0.1) is 0 Å². The molecule has 1 saturated heterocycles. The van der Waals surface area contributed by atoms with Crippen molar-refractivity contribution >= 4 is 12.1 Å². The Morgan fingerprint density at radius 3 is 2.93 bits per heavy atom. The molecule has 0 bridgehead atoms. The molecule has 0 saturated carbocycles. The molecule has 1 fully saturated rings. The van der Waals surface area contributed by atoms with Crippen molar-refractivity contribution < 1.29 is 19.4 Å². The molecule has 15 heavy (non-hydrogen) atoms. The number of rotatable bonds is 3. The Morgan fingerprint density at radius 1 is 1.60 bits per heavy atom. The van der Waals surface area contributed by atoms with Crippen LogP contribution in [0.1, 0.15) is 19.8 Å². The third-order valence-corrected chi connectivity index (χ3v) is 2.29. The third kappa shape index (κ3) is 3.27. The summed E-state index contributed by atoms with van der Waals surface area (Å²) in [5.41, 5.74) is 0. The van der Waals surface area contributed by atoms with Crippen LogP contribution < -0.4 is 0 Å². The first-order valence-corrected chi connectivity index (χ1v) is 4.99. The van der Waals surface area contributed by atoms with Gasteiger partial charge in [0.1, 0.15) is 0 Å². The van der Waals surface area contributed by atoms with Crippen LogP contribution in [0.4, 0.5) is 4.79 Å². The monoisotopic (exact) mass is 213 g/mol. The van der Waals surface area contributed by atoms with E-state index in [1.807, 2.05) is 0 Å². The highest BCUT2D eigenvalue weighted by Gasteiger charge is 2.26. The van der Waals surface area contributed by atoms with Gasteiger partial charge in [0, 0.05) is 12.6 Å². The quantitative estimate of drug-likeness (QED) is 0.566. The maximum Gasteiger partial charge on any atom is 0.407 e. The number of hydrogen-bond donors (Lipinski definition) is 1. The van der Waals surface area contributed by atoms with Crippen molar-refractivity contribution in [1.29, 1.82) is 0 Å². The van der Waals surface area contributed by atoms with Gasteiger partial charge in [-0.1, -0.05) is 6.08 Å². The van der Waals surface area contributed by atoms with Gasteiger partial charge in [0.2, 0.25) is 0 Å². The molecular formula is C10H15NO4. The number of likely N-dealkylation sites (tertiary alicyclic amines) is 1. The van der Waals surface area contributed by atoms with Gasteiger partial charge in [-0.05, 0) is 19.8 Å². The van der Waals surface area contributed by atoms with E-state index in [2.05, 4.69) is 0 Å². The Balaban J connectivity index is 2.50. The zero-order chi connectivity index (χ0) is 11.3. The summed E-state index contributed by atoms with van der Waals surface area (Å²) in [6.45, 7) is 2.59. The minimum atomic E-state index is -0.939. The van der Waals surface area contributed by atoms with Gasteiger partial charge in [-0.2, -0.15) is 0 Å². The van der Waals surface area contributed by atoms with Gasteiger partial charge in [0.05, 0.1) is 12.6 Å². The maximum absolute atomic E-state index is 11.0. The standard InChI is InChI=1S/C10H15NO4/c1-2-15-9(12)6-5-8-4-3-7-11(8)10(13)14/h5-6,8H,2-4,7H2,1H3,(H,13,14)/b6-5+/t8-/m0/s1. The van der Waals surface area contributed by atoms with Crippen molar-refractivity contribution in [2.45, 2.75) is 25.8 Å². The molecule has 1 heterocycles. The van der Waals surface area contributed by atoms with Crippen molar-refractivity contribution in [3.63, 3.8) is 0 Å². The van der Waals surface area contributed by atoms with Crippen LogP contribution in [0.3, 0.4) is 0 Å². The number of nitrogens with zero attached hydrogens (tertiary/aromatic N) is 1. The second kappa shape index (κ2) is 5.38. The lowest BCUT2D eigenvalue weighted by Crippen LogP contribution is -2.32. The van der Waals surface area contributed by atoms with E-state index < -0.39 is 12.1 Å². The SMILES string of the molecule is CCOC(=O)/C=C/[C@@H]1CCCN1C(=O)O. The van der Waals surface area contributed by atoms with Gasteiger partial charge < -0.3 is 14.7 Å². The van der Waals surface area contributed by atoms with Crippen LogP contribution in [0.2, 0.25) is 0 Å². The summed E-state index contributed by atoms with van der Waals surface area (Å²) >= 11 is 0. The highest BCUT2D eigenvalue weighted by atomic mass is 16.5. The summed E-state index contributed by atoms with van der Waals surface area (Å²) < 4.78 is 4.71. The first kappa shape index (κ1) is 11.6. The van der Waals surface area contributed by atoms with E-state index in [9.17, 15) is 9.59 Å². The number of carboxylic acid groups (broad SMARTS) is 1. The molecule has 0 aromatic rings. The van der Waals surface area contributed by atoms with E-state index in [-0.39, 0.29) is 6.04 Å². The molecule has 1 aliphatic rings. The lowest BCUT2D eigenvalue weighted by atomic mass is 10.2. The van der Waals surface area contributed by atoms with E-state index in [0.717, 1.165) is 12.8 Å². The Hall–Kier alpha value is -1.52. The van der Waals surface area contributed by atoms with Crippen LogP contribution in [-0.2, 0) is 9.53 Å². The molecule has 1 amide bonds. The van der Waals surface area contributed by atoms with Gasteiger partial charge in [-0.25, -0.2) is 9.59 Å². The first-order valence-electron chi connectivity index (χ1n) is 4.99. The number of carbonyl (C=O) groups is 2. The largest absolute Gasteiger partial charge is 0.465 e. The van der Waals surface area contributed by atoms with Crippen molar-refractivity contribution in [2.75, 3.05) is 13.2 Å². The summed E-state index contributed by atoms with van der Waals surface area (Å²) in [7, 11) is 0. The van der Waals surface area contributed by atoms with Gasteiger partial charge in [0.15, 0.2) is 0 Å². The maximum atomic E-state index is 11.0. The highest BCUT2D eigenvalue weighted by Crippen LogP contribution is 2.18. The molecule has 1 aliphatic heterocycles. The molecule has 0 unspecified atom stereocenters. The molecule has 5 heteroatoms. The van der Waals surface area contributed by atoms with E-state index in [0.29, 0.717) is 13.2 Å². The second-order valence-electron chi connectivity index (χ2n) is 3.30. The van der Waals surface area contributed by atoms with Crippen LogP contribution in [-0.4, -0.2) is 41.3 Å². The van der Waals surface area contributed by atoms with Gasteiger partial charge in [0.25, 0.3) is 0 Å². The zero-order valence-electron chi connectivity index (χ0n) is 8.68. The van der Waals surface area contributed by atoms with Crippen molar-refractivity contribution in [3.05, 3.63) is 12.2 Å². The predicted molar refractivity (Wildman–Crippen MR) is 53.5 cm³/mol. The molecule has 0 aromatic carbocycles. The molecule has 1 rings (SSSR count). The van der Waals surface area contributed by atoms with Gasteiger partial charge in [-0.3, -0.25) is 0 Å². The van der Waals surface area contributed by atoms with E-state index in [1.165, 1.54) is 11.0 Å². The van der Waals surface area contributed by atoms with E-state index in [1.54, 1.807) is 13.0 Å². The summed E-state index contributed by atoms with van der Waals surface area (Å²) in [4.78, 5) is 23.1. The van der Waals surface area contributed by atoms with Crippen LogP contribution in [0.25, 0.3) is 0 Å². The third-order valence-electron chi connectivity index (χ3n) is 2.29. The highest BCUT2D eigenvalue weighted by molar-refractivity contribution is 5.82. The molecule has 5 nitrogen and oxygen atoms in total. The van der Waals surface area contributed by atoms with Crippen LogP contribution in [0.15, 0.2) is 12.2 Å². The molecule has 1 N–H and O–H groups in total. The van der Waals surface area contributed by atoms with Gasteiger partial charge in [-0.15, -0.1) is 0 Å². The molecule has 0 aromatic heterocycles. The summed E-state index contributed by atoms with van der Waals surface area (Å²) in [5.74, 6) is -0.422. The molecule has 0 spiro atoms. The Kier molecular flexibility index (Phi) is 4.15. The summed E-state index contributed by atoms with van der Waals surface area (Å²) in [5, 5.41) is 8.83.